The number of carbonyl (C=O) groups is 1. The van der Waals surface area contributed by atoms with Gasteiger partial charge in [-0.05, 0) is 11.8 Å². The SMILES string of the molecule is CN(CC(C)(C)C)C(=O)[C@H]1C[C@H](O)CN1. The molecular formula is C11H22N2O2. The van der Waals surface area contributed by atoms with Gasteiger partial charge in [-0.25, -0.2) is 0 Å². The Bertz CT molecular complexity index is 235. The van der Waals surface area contributed by atoms with Gasteiger partial charge in [-0.1, -0.05) is 20.8 Å². The van der Waals surface area contributed by atoms with E-state index in [0.717, 1.165) is 6.54 Å². The number of amides is 1. The zero-order chi connectivity index (χ0) is 11.6. The molecule has 1 amide bonds. The van der Waals surface area contributed by atoms with Gasteiger partial charge in [0.15, 0.2) is 0 Å². The molecule has 0 saturated carbocycles. The maximum Gasteiger partial charge on any atom is 0.239 e. The summed E-state index contributed by atoms with van der Waals surface area (Å²) in [6.07, 6.45) is 0.162. The lowest BCUT2D eigenvalue weighted by Gasteiger charge is -2.28. The lowest BCUT2D eigenvalue weighted by Crippen LogP contribution is -2.44. The van der Waals surface area contributed by atoms with E-state index in [4.69, 9.17) is 0 Å². The van der Waals surface area contributed by atoms with Crippen LogP contribution in [0.15, 0.2) is 0 Å². The molecule has 0 aromatic carbocycles. The van der Waals surface area contributed by atoms with Crippen molar-refractivity contribution in [3.8, 4) is 0 Å². The molecule has 4 heteroatoms. The van der Waals surface area contributed by atoms with Crippen LogP contribution < -0.4 is 5.32 Å². The lowest BCUT2D eigenvalue weighted by molar-refractivity contribution is -0.133. The molecule has 1 aliphatic rings. The highest BCUT2D eigenvalue weighted by Gasteiger charge is 2.31. The fourth-order valence-corrected chi connectivity index (χ4v) is 1.96. The number of likely N-dealkylation sites (N-methyl/N-ethyl adjacent to an activating group) is 1. The number of nitrogens with zero attached hydrogens (tertiary/aromatic N) is 1. The monoisotopic (exact) mass is 214 g/mol. The third kappa shape index (κ3) is 3.80. The van der Waals surface area contributed by atoms with E-state index in [-0.39, 0.29) is 23.5 Å². The van der Waals surface area contributed by atoms with E-state index in [1.807, 2.05) is 7.05 Å². The Hall–Kier alpha value is -0.610. The summed E-state index contributed by atoms with van der Waals surface area (Å²) in [5.41, 5.74) is 0.113. The number of rotatable bonds is 2. The van der Waals surface area contributed by atoms with Crippen molar-refractivity contribution < 1.29 is 9.90 Å². The first kappa shape index (κ1) is 12.5. The summed E-state index contributed by atoms with van der Waals surface area (Å²) in [7, 11) is 1.82. The number of aliphatic hydroxyl groups excluding tert-OH is 1. The number of hydrogen-bond acceptors (Lipinski definition) is 3. The Morgan fingerprint density at radius 3 is 2.53 bits per heavy atom. The highest BCUT2D eigenvalue weighted by Crippen LogP contribution is 2.16. The third-order valence-electron chi connectivity index (χ3n) is 2.49. The summed E-state index contributed by atoms with van der Waals surface area (Å²) in [4.78, 5) is 13.7. The minimum Gasteiger partial charge on any atom is -0.392 e. The van der Waals surface area contributed by atoms with Crippen LogP contribution in [-0.4, -0.2) is 48.2 Å². The van der Waals surface area contributed by atoms with Gasteiger partial charge in [-0.15, -0.1) is 0 Å². The van der Waals surface area contributed by atoms with Gasteiger partial charge >= 0.3 is 0 Å². The molecule has 1 saturated heterocycles. The van der Waals surface area contributed by atoms with Gasteiger partial charge < -0.3 is 15.3 Å². The van der Waals surface area contributed by atoms with Crippen LogP contribution in [0.25, 0.3) is 0 Å². The van der Waals surface area contributed by atoms with Crippen molar-refractivity contribution in [1.82, 2.24) is 10.2 Å². The number of nitrogens with one attached hydrogen (secondary N) is 1. The Morgan fingerprint density at radius 2 is 2.13 bits per heavy atom. The summed E-state index contributed by atoms with van der Waals surface area (Å²) in [6.45, 7) is 7.58. The molecule has 2 N–H and O–H groups in total. The van der Waals surface area contributed by atoms with Gasteiger partial charge in [0.1, 0.15) is 0 Å². The van der Waals surface area contributed by atoms with Crippen molar-refractivity contribution in [2.75, 3.05) is 20.1 Å². The van der Waals surface area contributed by atoms with Gasteiger partial charge in [0.25, 0.3) is 0 Å². The van der Waals surface area contributed by atoms with Crippen molar-refractivity contribution in [2.24, 2.45) is 5.41 Å². The van der Waals surface area contributed by atoms with Crippen LogP contribution >= 0.6 is 0 Å². The van der Waals surface area contributed by atoms with Gasteiger partial charge in [0.05, 0.1) is 12.1 Å². The molecule has 15 heavy (non-hydrogen) atoms. The molecule has 88 valence electrons. The first-order valence-corrected chi connectivity index (χ1v) is 5.46. The molecule has 0 aromatic heterocycles. The number of hydrogen-bond donors (Lipinski definition) is 2. The molecule has 2 atom stereocenters. The summed E-state index contributed by atoms with van der Waals surface area (Å²) in [5.74, 6) is 0.0847. The van der Waals surface area contributed by atoms with Crippen molar-refractivity contribution >= 4 is 5.91 Å². The second-order valence-corrected chi connectivity index (χ2v) is 5.61. The number of aliphatic hydroxyl groups is 1. The highest BCUT2D eigenvalue weighted by molar-refractivity contribution is 5.82. The van der Waals surface area contributed by atoms with E-state index < -0.39 is 0 Å². The van der Waals surface area contributed by atoms with Crippen LogP contribution in [0.4, 0.5) is 0 Å². The summed E-state index contributed by atoms with van der Waals surface area (Å²) in [5, 5.41) is 12.4. The van der Waals surface area contributed by atoms with Gasteiger partial charge in [-0.2, -0.15) is 0 Å². The fraction of sp³-hybridized carbons (Fsp3) is 0.909. The van der Waals surface area contributed by atoms with E-state index in [2.05, 4.69) is 26.1 Å². The van der Waals surface area contributed by atoms with Crippen molar-refractivity contribution in [1.29, 1.82) is 0 Å². The maximum absolute atomic E-state index is 11.9. The molecule has 1 fully saturated rings. The standard InChI is InChI=1S/C11H22N2O2/c1-11(2,3)7-13(4)10(15)9-5-8(14)6-12-9/h8-9,12,14H,5-7H2,1-4H3/t8-,9+/m0/s1. The Labute approximate surface area is 91.6 Å². The second-order valence-electron chi connectivity index (χ2n) is 5.61. The Kier molecular flexibility index (Phi) is 3.73. The molecule has 0 radical (unpaired) electrons. The molecule has 4 nitrogen and oxygen atoms in total. The zero-order valence-electron chi connectivity index (χ0n) is 10.1. The predicted molar refractivity (Wildman–Crippen MR) is 59.5 cm³/mol. The zero-order valence-corrected chi connectivity index (χ0v) is 10.1. The second kappa shape index (κ2) is 4.49. The molecule has 0 spiro atoms. The van der Waals surface area contributed by atoms with Gasteiger partial charge in [0, 0.05) is 20.1 Å². The fourth-order valence-electron chi connectivity index (χ4n) is 1.96. The molecule has 1 rings (SSSR count). The van der Waals surface area contributed by atoms with Gasteiger partial charge in [0.2, 0.25) is 5.91 Å². The summed E-state index contributed by atoms with van der Waals surface area (Å²) < 4.78 is 0. The molecular weight excluding hydrogens is 192 g/mol. The van der Waals surface area contributed by atoms with Gasteiger partial charge in [-0.3, -0.25) is 4.79 Å². The minimum absolute atomic E-state index is 0.0847. The topological polar surface area (TPSA) is 52.6 Å². The van der Waals surface area contributed by atoms with Crippen LogP contribution in [0.2, 0.25) is 0 Å². The first-order valence-electron chi connectivity index (χ1n) is 5.46. The smallest absolute Gasteiger partial charge is 0.239 e. The highest BCUT2D eigenvalue weighted by atomic mass is 16.3. The largest absolute Gasteiger partial charge is 0.392 e. The molecule has 0 unspecified atom stereocenters. The Morgan fingerprint density at radius 1 is 1.53 bits per heavy atom. The number of β-amino-alcohol motifs (C(OH)–C–C–N with tert-alkyl or cyclic N) is 1. The summed E-state index contributed by atoms with van der Waals surface area (Å²) in [6, 6.07) is -0.202. The third-order valence-corrected chi connectivity index (χ3v) is 2.49. The molecule has 1 aliphatic heterocycles. The minimum atomic E-state index is -0.373. The van der Waals surface area contributed by atoms with Crippen LogP contribution in [-0.2, 0) is 4.79 Å². The van der Waals surface area contributed by atoms with E-state index in [1.54, 1.807) is 4.90 Å². The van der Waals surface area contributed by atoms with E-state index >= 15 is 0 Å². The number of carbonyl (C=O) groups excluding carboxylic acids is 1. The van der Waals surface area contributed by atoms with Crippen molar-refractivity contribution in [3.63, 3.8) is 0 Å². The molecule has 0 aromatic rings. The van der Waals surface area contributed by atoms with E-state index in [0.29, 0.717) is 13.0 Å². The Balaban J connectivity index is 2.46. The van der Waals surface area contributed by atoms with Crippen molar-refractivity contribution in [2.45, 2.75) is 39.3 Å². The van der Waals surface area contributed by atoms with Crippen LogP contribution in [0.5, 0.6) is 0 Å². The average molecular weight is 214 g/mol. The lowest BCUT2D eigenvalue weighted by atomic mass is 9.96. The van der Waals surface area contributed by atoms with Crippen LogP contribution in [0.3, 0.4) is 0 Å². The van der Waals surface area contributed by atoms with Crippen LogP contribution in [0.1, 0.15) is 27.2 Å². The average Bonchev–Trinajstić information content (AvgIpc) is 2.47. The first-order chi connectivity index (χ1) is 6.79. The molecule has 0 aliphatic carbocycles. The molecule has 0 bridgehead atoms. The maximum atomic E-state index is 11.9. The van der Waals surface area contributed by atoms with Crippen molar-refractivity contribution in [3.05, 3.63) is 0 Å². The van der Waals surface area contributed by atoms with E-state index in [1.165, 1.54) is 0 Å². The predicted octanol–water partition coefficient (Wildman–Crippen LogP) is 0.214. The normalized spacial score (nSPS) is 26.7. The van der Waals surface area contributed by atoms with Crippen LogP contribution in [0, 0.1) is 5.41 Å². The molecule has 1 heterocycles. The quantitative estimate of drug-likeness (QED) is 0.691. The van der Waals surface area contributed by atoms with E-state index in [9.17, 15) is 9.90 Å². The summed E-state index contributed by atoms with van der Waals surface area (Å²) >= 11 is 0.